The van der Waals surface area contributed by atoms with Gasteiger partial charge in [0.05, 0.1) is 5.56 Å². The van der Waals surface area contributed by atoms with E-state index in [1.54, 1.807) is 25.1 Å². The van der Waals surface area contributed by atoms with Gasteiger partial charge in [0.2, 0.25) is 0 Å². The molecule has 2 rings (SSSR count). The number of aromatic amines is 1. The lowest BCUT2D eigenvalue weighted by Gasteiger charge is -2.04. The summed E-state index contributed by atoms with van der Waals surface area (Å²) in [4.78, 5) is 29.6. The second kappa shape index (κ2) is 5.05. The number of benzene rings is 1. The molecule has 1 aromatic carbocycles. The minimum atomic E-state index is -1.01. The van der Waals surface area contributed by atoms with Crippen LogP contribution in [0.4, 0.5) is 0 Å². The van der Waals surface area contributed by atoms with Crippen LogP contribution >= 0.6 is 11.8 Å². The smallest absolute Gasteiger partial charge is 0.336 e. The van der Waals surface area contributed by atoms with Gasteiger partial charge < -0.3 is 10.1 Å². The predicted octanol–water partition coefficient (Wildman–Crippen LogP) is 1.93. The maximum Gasteiger partial charge on any atom is 0.336 e. The number of nitrogens with zero attached hydrogens (tertiary/aromatic N) is 1. The van der Waals surface area contributed by atoms with Crippen molar-refractivity contribution in [1.29, 1.82) is 0 Å². The van der Waals surface area contributed by atoms with Crippen molar-refractivity contribution in [3.05, 3.63) is 51.9 Å². The Balaban J connectivity index is 2.40. The minimum absolute atomic E-state index is 0.187. The quantitative estimate of drug-likeness (QED) is 0.826. The van der Waals surface area contributed by atoms with Gasteiger partial charge in [0.1, 0.15) is 0 Å². The van der Waals surface area contributed by atoms with Crippen molar-refractivity contribution in [2.24, 2.45) is 0 Å². The lowest BCUT2D eigenvalue weighted by Crippen LogP contribution is -2.08. The van der Waals surface area contributed by atoms with Gasteiger partial charge in [-0.15, -0.1) is 0 Å². The molecule has 0 saturated carbocycles. The summed E-state index contributed by atoms with van der Waals surface area (Å²) in [6, 6.07) is 7.96. The van der Waals surface area contributed by atoms with Crippen molar-refractivity contribution < 1.29 is 9.90 Å². The molecule has 1 heterocycles. The molecule has 0 aliphatic carbocycles. The van der Waals surface area contributed by atoms with Crippen LogP contribution in [0.15, 0.2) is 45.2 Å². The molecule has 0 amide bonds. The molecule has 1 aromatic heterocycles. The van der Waals surface area contributed by atoms with Crippen LogP contribution in [0.3, 0.4) is 0 Å². The van der Waals surface area contributed by atoms with Gasteiger partial charge >= 0.3 is 5.97 Å². The third-order valence-electron chi connectivity index (χ3n) is 2.17. The van der Waals surface area contributed by atoms with Crippen LogP contribution in [-0.4, -0.2) is 21.0 Å². The second-order valence-corrected chi connectivity index (χ2v) is 4.63. The maximum absolute atomic E-state index is 11.3. The number of nitrogens with one attached hydrogen (secondary N) is 1. The van der Waals surface area contributed by atoms with Crippen LogP contribution in [-0.2, 0) is 0 Å². The van der Waals surface area contributed by atoms with E-state index in [0.717, 1.165) is 11.8 Å². The van der Waals surface area contributed by atoms with Gasteiger partial charge in [0.15, 0.2) is 5.16 Å². The summed E-state index contributed by atoms with van der Waals surface area (Å²) in [5, 5.41) is 9.43. The first-order valence-electron chi connectivity index (χ1n) is 5.14. The third-order valence-corrected chi connectivity index (χ3v) is 3.13. The highest BCUT2D eigenvalue weighted by atomic mass is 32.2. The van der Waals surface area contributed by atoms with Gasteiger partial charge in [-0.05, 0) is 19.1 Å². The molecule has 2 aromatic rings. The van der Waals surface area contributed by atoms with Gasteiger partial charge in [-0.25, -0.2) is 9.78 Å². The number of hydrogen-bond donors (Lipinski definition) is 2. The van der Waals surface area contributed by atoms with Gasteiger partial charge in [-0.2, -0.15) is 0 Å². The fourth-order valence-electron chi connectivity index (χ4n) is 1.44. The number of aromatic carboxylic acids is 1. The monoisotopic (exact) mass is 262 g/mol. The largest absolute Gasteiger partial charge is 0.478 e. The maximum atomic E-state index is 11.3. The van der Waals surface area contributed by atoms with E-state index < -0.39 is 5.97 Å². The van der Waals surface area contributed by atoms with E-state index >= 15 is 0 Å². The standard InChI is InChI=1S/C12H10N2O3S/c1-7-6-10(15)14-12(13-7)18-9-5-3-2-4-8(9)11(16)17/h2-6H,1H3,(H,16,17)(H,13,14,15). The van der Waals surface area contributed by atoms with Crippen molar-refractivity contribution in [2.45, 2.75) is 17.0 Å². The van der Waals surface area contributed by atoms with Crippen LogP contribution in [0.25, 0.3) is 0 Å². The molecule has 6 heteroatoms. The Morgan fingerprint density at radius 2 is 2.11 bits per heavy atom. The molecule has 92 valence electrons. The molecular weight excluding hydrogens is 252 g/mol. The number of carboxylic acids is 1. The van der Waals surface area contributed by atoms with Crippen LogP contribution in [0.5, 0.6) is 0 Å². The lowest BCUT2D eigenvalue weighted by atomic mass is 10.2. The van der Waals surface area contributed by atoms with Gasteiger partial charge in [0, 0.05) is 16.7 Å². The molecule has 0 fully saturated rings. The first kappa shape index (κ1) is 12.4. The van der Waals surface area contributed by atoms with Crippen LogP contribution < -0.4 is 5.56 Å². The molecule has 0 aliphatic heterocycles. The number of H-pyrrole nitrogens is 1. The molecule has 18 heavy (non-hydrogen) atoms. The summed E-state index contributed by atoms with van der Waals surface area (Å²) in [5.74, 6) is -1.01. The molecular formula is C12H10N2O3S. The lowest BCUT2D eigenvalue weighted by molar-refractivity contribution is 0.0693. The Kier molecular flexibility index (Phi) is 3.47. The molecule has 0 spiro atoms. The summed E-state index contributed by atoms with van der Waals surface area (Å²) in [6.07, 6.45) is 0. The van der Waals surface area contributed by atoms with Gasteiger partial charge in [-0.3, -0.25) is 4.79 Å². The highest BCUT2D eigenvalue weighted by Gasteiger charge is 2.11. The number of aryl methyl sites for hydroxylation is 1. The average Bonchev–Trinajstić information content (AvgIpc) is 2.27. The predicted molar refractivity (Wildman–Crippen MR) is 67.1 cm³/mol. The van der Waals surface area contributed by atoms with E-state index in [0.29, 0.717) is 15.7 Å². The zero-order chi connectivity index (χ0) is 13.1. The molecule has 0 bridgehead atoms. The summed E-state index contributed by atoms with van der Waals surface area (Å²) in [5.41, 5.74) is 0.526. The molecule has 5 nitrogen and oxygen atoms in total. The number of hydrogen-bond acceptors (Lipinski definition) is 4. The Morgan fingerprint density at radius 1 is 1.39 bits per heavy atom. The van der Waals surface area contributed by atoms with E-state index in [-0.39, 0.29) is 11.1 Å². The van der Waals surface area contributed by atoms with Gasteiger partial charge in [-0.1, -0.05) is 23.9 Å². The van der Waals surface area contributed by atoms with Gasteiger partial charge in [0.25, 0.3) is 5.56 Å². The molecule has 0 radical (unpaired) electrons. The van der Waals surface area contributed by atoms with E-state index in [2.05, 4.69) is 9.97 Å². The summed E-state index contributed by atoms with van der Waals surface area (Å²) in [7, 11) is 0. The molecule has 0 atom stereocenters. The molecule has 0 saturated heterocycles. The highest BCUT2D eigenvalue weighted by molar-refractivity contribution is 7.99. The van der Waals surface area contributed by atoms with Crippen LogP contribution in [0.1, 0.15) is 16.1 Å². The first-order valence-corrected chi connectivity index (χ1v) is 5.96. The summed E-state index contributed by atoms with van der Waals surface area (Å²) >= 11 is 1.12. The van der Waals surface area contributed by atoms with Crippen molar-refractivity contribution in [2.75, 3.05) is 0 Å². The second-order valence-electron chi connectivity index (χ2n) is 3.60. The SMILES string of the molecule is Cc1cc(=O)[nH]c(Sc2ccccc2C(=O)O)n1. The van der Waals surface area contributed by atoms with Crippen molar-refractivity contribution in [3.8, 4) is 0 Å². The zero-order valence-electron chi connectivity index (χ0n) is 9.51. The Morgan fingerprint density at radius 3 is 2.78 bits per heavy atom. The normalized spacial score (nSPS) is 10.3. The summed E-state index contributed by atoms with van der Waals surface area (Å²) < 4.78 is 0. The first-order chi connectivity index (χ1) is 8.56. The third kappa shape index (κ3) is 2.78. The van der Waals surface area contributed by atoms with E-state index in [4.69, 9.17) is 5.11 Å². The number of aromatic nitrogens is 2. The van der Waals surface area contributed by atoms with E-state index in [1.165, 1.54) is 12.1 Å². The number of carboxylic acid groups (broad SMARTS) is 1. The van der Waals surface area contributed by atoms with Crippen LogP contribution in [0.2, 0.25) is 0 Å². The summed E-state index contributed by atoms with van der Waals surface area (Å²) in [6.45, 7) is 1.71. The molecule has 0 aliphatic rings. The molecule has 0 unspecified atom stereocenters. The molecule has 2 N–H and O–H groups in total. The Hall–Kier alpha value is -2.08. The van der Waals surface area contributed by atoms with Crippen molar-refractivity contribution in [3.63, 3.8) is 0 Å². The highest BCUT2D eigenvalue weighted by Crippen LogP contribution is 2.27. The number of carbonyl (C=O) groups is 1. The van der Waals surface area contributed by atoms with E-state index in [9.17, 15) is 9.59 Å². The topological polar surface area (TPSA) is 83.0 Å². The fraction of sp³-hybridized carbons (Fsp3) is 0.0833. The average molecular weight is 262 g/mol. The minimum Gasteiger partial charge on any atom is -0.478 e. The zero-order valence-corrected chi connectivity index (χ0v) is 10.3. The fourth-order valence-corrected chi connectivity index (χ4v) is 2.40. The van der Waals surface area contributed by atoms with E-state index in [1.807, 2.05) is 0 Å². The van der Waals surface area contributed by atoms with Crippen LogP contribution in [0, 0.1) is 6.92 Å². The van der Waals surface area contributed by atoms with Crippen molar-refractivity contribution >= 4 is 17.7 Å². The van der Waals surface area contributed by atoms with Crippen molar-refractivity contribution in [1.82, 2.24) is 9.97 Å². The Labute approximate surface area is 107 Å². The number of rotatable bonds is 3. The Bertz CT molecular complexity index is 652.